The molecule has 16 heavy (non-hydrogen) atoms. The number of rotatable bonds is 6. The van der Waals surface area contributed by atoms with Gasteiger partial charge in [0.05, 0.1) is 25.4 Å². The van der Waals surface area contributed by atoms with Crippen LogP contribution in [0.1, 0.15) is 32.1 Å². The lowest BCUT2D eigenvalue weighted by molar-refractivity contribution is -0.140. The average Bonchev–Trinajstić information content (AvgIpc) is 2.60. The lowest BCUT2D eigenvalue weighted by Gasteiger charge is -2.12. The second kappa shape index (κ2) is 6.66. The largest absolute Gasteiger partial charge is 0.469 e. The molecule has 4 heteroatoms. The molecule has 0 aromatic heterocycles. The number of aliphatic hydroxyl groups excluding tert-OH is 1. The fraction of sp³-hybridized carbons (Fsp3) is 0.750. The Kier molecular flexibility index (Phi) is 5.49. The van der Waals surface area contributed by atoms with Gasteiger partial charge in [0.1, 0.15) is 0 Å². The van der Waals surface area contributed by atoms with Gasteiger partial charge < -0.3 is 14.6 Å². The Bertz CT molecular complexity index is 239. The maximum absolute atomic E-state index is 10.9. The summed E-state index contributed by atoms with van der Waals surface area (Å²) in [4.78, 5) is 10.9. The molecular formula is C12H20O4. The van der Waals surface area contributed by atoms with Crippen molar-refractivity contribution in [3.05, 3.63) is 12.7 Å². The van der Waals surface area contributed by atoms with Gasteiger partial charge in [0.15, 0.2) is 0 Å². The minimum absolute atomic E-state index is 0.0598. The first-order valence-corrected chi connectivity index (χ1v) is 5.68. The van der Waals surface area contributed by atoms with Crippen LogP contribution >= 0.6 is 0 Å². The quantitative estimate of drug-likeness (QED) is 0.552. The molecule has 1 saturated heterocycles. The maximum Gasteiger partial charge on any atom is 0.305 e. The normalized spacial score (nSPS) is 29.0. The van der Waals surface area contributed by atoms with Crippen LogP contribution in [0.2, 0.25) is 0 Å². The summed E-state index contributed by atoms with van der Waals surface area (Å²) in [6, 6.07) is 0. The number of esters is 1. The Morgan fingerprint density at radius 1 is 1.69 bits per heavy atom. The van der Waals surface area contributed by atoms with Crippen LogP contribution in [-0.4, -0.2) is 36.5 Å². The number of aliphatic hydroxyl groups is 1. The Morgan fingerprint density at radius 2 is 2.44 bits per heavy atom. The third-order valence-electron chi connectivity index (χ3n) is 2.83. The first kappa shape index (κ1) is 13.2. The zero-order valence-electron chi connectivity index (χ0n) is 9.72. The van der Waals surface area contributed by atoms with E-state index in [2.05, 4.69) is 11.3 Å². The van der Waals surface area contributed by atoms with Gasteiger partial charge in [-0.3, -0.25) is 4.79 Å². The van der Waals surface area contributed by atoms with Crippen molar-refractivity contribution in [1.29, 1.82) is 0 Å². The van der Waals surface area contributed by atoms with Crippen LogP contribution in [0.3, 0.4) is 0 Å². The summed E-state index contributed by atoms with van der Waals surface area (Å²) in [5.74, 6) is -0.193. The van der Waals surface area contributed by atoms with Crippen molar-refractivity contribution in [1.82, 2.24) is 0 Å². The highest BCUT2D eigenvalue weighted by Gasteiger charge is 2.32. The number of ether oxygens (including phenoxy) is 2. The van der Waals surface area contributed by atoms with Gasteiger partial charge in [-0.1, -0.05) is 6.08 Å². The van der Waals surface area contributed by atoms with Gasteiger partial charge >= 0.3 is 5.97 Å². The third-order valence-corrected chi connectivity index (χ3v) is 2.83. The lowest BCUT2D eigenvalue weighted by atomic mass is 10.1. The van der Waals surface area contributed by atoms with E-state index in [0.29, 0.717) is 19.3 Å². The molecule has 0 aliphatic carbocycles. The van der Waals surface area contributed by atoms with Crippen LogP contribution in [-0.2, 0) is 14.3 Å². The summed E-state index contributed by atoms with van der Waals surface area (Å²) in [7, 11) is 1.39. The SMILES string of the molecule is C=CCC1OC(CCCC(=O)OC)CC1O. The van der Waals surface area contributed by atoms with Crippen LogP contribution in [0.4, 0.5) is 0 Å². The lowest BCUT2D eigenvalue weighted by Crippen LogP contribution is -2.19. The fourth-order valence-corrected chi connectivity index (χ4v) is 1.95. The number of carbonyl (C=O) groups is 1. The summed E-state index contributed by atoms with van der Waals surface area (Å²) in [5, 5.41) is 9.68. The highest BCUT2D eigenvalue weighted by atomic mass is 16.5. The third kappa shape index (κ3) is 3.94. The molecule has 92 valence electrons. The van der Waals surface area contributed by atoms with Crippen LogP contribution in [0, 0.1) is 0 Å². The van der Waals surface area contributed by atoms with E-state index < -0.39 is 6.10 Å². The van der Waals surface area contributed by atoms with Gasteiger partial charge in [-0.15, -0.1) is 6.58 Å². The fourth-order valence-electron chi connectivity index (χ4n) is 1.95. The second-order valence-corrected chi connectivity index (χ2v) is 4.09. The number of methoxy groups -OCH3 is 1. The summed E-state index contributed by atoms with van der Waals surface area (Å²) >= 11 is 0. The minimum atomic E-state index is -0.402. The van der Waals surface area contributed by atoms with Crippen molar-refractivity contribution in [2.24, 2.45) is 0 Å². The summed E-state index contributed by atoms with van der Waals surface area (Å²) < 4.78 is 10.2. The predicted molar refractivity (Wildman–Crippen MR) is 60.0 cm³/mol. The van der Waals surface area contributed by atoms with Crippen molar-refractivity contribution < 1.29 is 19.4 Å². The molecule has 1 N–H and O–H groups in total. The predicted octanol–water partition coefficient (Wildman–Crippen LogP) is 1.42. The standard InChI is InChI=1S/C12H20O4/c1-3-5-11-10(13)8-9(16-11)6-4-7-12(14)15-2/h3,9-11,13H,1,4-8H2,2H3. The molecule has 0 aromatic rings. The van der Waals surface area contributed by atoms with Crippen molar-refractivity contribution in [2.75, 3.05) is 7.11 Å². The molecule has 1 aliphatic rings. The summed E-state index contributed by atoms with van der Waals surface area (Å²) in [5.41, 5.74) is 0. The number of hydrogen-bond acceptors (Lipinski definition) is 4. The van der Waals surface area contributed by atoms with Gasteiger partial charge in [0, 0.05) is 12.8 Å². The highest BCUT2D eigenvalue weighted by molar-refractivity contribution is 5.68. The Morgan fingerprint density at radius 3 is 3.06 bits per heavy atom. The van der Waals surface area contributed by atoms with E-state index in [4.69, 9.17) is 4.74 Å². The number of carbonyl (C=O) groups excluding carboxylic acids is 1. The van der Waals surface area contributed by atoms with Gasteiger partial charge in [0.25, 0.3) is 0 Å². The van der Waals surface area contributed by atoms with Gasteiger partial charge in [-0.2, -0.15) is 0 Å². The first-order chi connectivity index (χ1) is 7.67. The van der Waals surface area contributed by atoms with Crippen LogP contribution in [0.15, 0.2) is 12.7 Å². The smallest absolute Gasteiger partial charge is 0.305 e. The molecule has 0 saturated carbocycles. The van der Waals surface area contributed by atoms with E-state index in [-0.39, 0.29) is 18.2 Å². The molecular weight excluding hydrogens is 208 g/mol. The molecule has 1 heterocycles. The van der Waals surface area contributed by atoms with Crippen molar-refractivity contribution >= 4 is 5.97 Å². The van der Waals surface area contributed by atoms with Crippen molar-refractivity contribution in [2.45, 2.75) is 50.4 Å². The van der Waals surface area contributed by atoms with Crippen molar-refractivity contribution in [3.63, 3.8) is 0 Å². The molecule has 1 aliphatic heterocycles. The van der Waals surface area contributed by atoms with Crippen LogP contribution in [0.5, 0.6) is 0 Å². The Labute approximate surface area is 96.2 Å². The summed E-state index contributed by atoms with van der Waals surface area (Å²) in [6.45, 7) is 3.63. The first-order valence-electron chi connectivity index (χ1n) is 5.68. The highest BCUT2D eigenvalue weighted by Crippen LogP contribution is 2.26. The molecule has 3 atom stereocenters. The molecule has 1 fully saturated rings. The van der Waals surface area contributed by atoms with E-state index in [0.717, 1.165) is 12.8 Å². The van der Waals surface area contributed by atoms with Gasteiger partial charge in [-0.05, 0) is 19.3 Å². The van der Waals surface area contributed by atoms with E-state index >= 15 is 0 Å². The molecule has 0 spiro atoms. The van der Waals surface area contributed by atoms with Gasteiger partial charge in [0.2, 0.25) is 0 Å². The van der Waals surface area contributed by atoms with Crippen LogP contribution < -0.4 is 0 Å². The summed E-state index contributed by atoms with van der Waals surface area (Å²) in [6.07, 6.45) is 4.56. The molecule has 4 nitrogen and oxygen atoms in total. The van der Waals surface area contributed by atoms with E-state index in [1.807, 2.05) is 0 Å². The zero-order chi connectivity index (χ0) is 12.0. The Balaban J connectivity index is 2.20. The molecule has 0 amide bonds. The topological polar surface area (TPSA) is 55.8 Å². The van der Waals surface area contributed by atoms with E-state index in [1.54, 1.807) is 6.08 Å². The average molecular weight is 228 g/mol. The monoisotopic (exact) mass is 228 g/mol. The Hall–Kier alpha value is -0.870. The van der Waals surface area contributed by atoms with Crippen molar-refractivity contribution in [3.8, 4) is 0 Å². The zero-order valence-corrected chi connectivity index (χ0v) is 9.72. The minimum Gasteiger partial charge on any atom is -0.469 e. The molecule has 0 radical (unpaired) electrons. The van der Waals surface area contributed by atoms with Gasteiger partial charge in [-0.25, -0.2) is 0 Å². The molecule has 3 unspecified atom stereocenters. The molecule has 0 aromatic carbocycles. The maximum atomic E-state index is 10.9. The molecule has 0 bridgehead atoms. The second-order valence-electron chi connectivity index (χ2n) is 4.09. The van der Waals surface area contributed by atoms with Crippen LogP contribution in [0.25, 0.3) is 0 Å². The molecule has 1 rings (SSSR count). The van der Waals surface area contributed by atoms with E-state index in [1.165, 1.54) is 7.11 Å². The van der Waals surface area contributed by atoms with E-state index in [9.17, 15) is 9.90 Å². The number of hydrogen-bond donors (Lipinski definition) is 1.